The second-order valence-electron chi connectivity index (χ2n) is 4.71. The van der Waals surface area contributed by atoms with Gasteiger partial charge in [-0.1, -0.05) is 12.1 Å². The number of aliphatic hydroxyl groups excluding tert-OH is 1. The zero-order valence-electron chi connectivity index (χ0n) is 11.7. The minimum Gasteiger partial charge on any atom is -0.389 e. The largest absolute Gasteiger partial charge is 0.389 e. The van der Waals surface area contributed by atoms with Gasteiger partial charge in [-0.25, -0.2) is 4.98 Å². The predicted octanol–water partition coefficient (Wildman–Crippen LogP) is 3.60. The first kappa shape index (κ1) is 13.6. The molecule has 0 spiro atoms. The van der Waals surface area contributed by atoms with Crippen LogP contribution in [-0.4, -0.2) is 16.6 Å². The molecule has 0 aliphatic heterocycles. The van der Waals surface area contributed by atoms with Crippen LogP contribution in [0.1, 0.15) is 31.1 Å². The molecule has 0 aliphatic rings. The molecule has 0 fully saturated rings. The minimum absolute atomic E-state index is 0.474. The van der Waals surface area contributed by atoms with Crippen molar-refractivity contribution in [2.45, 2.75) is 26.9 Å². The third-order valence-corrected chi connectivity index (χ3v) is 3.16. The van der Waals surface area contributed by atoms with Crippen LogP contribution in [0.2, 0.25) is 0 Å². The van der Waals surface area contributed by atoms with Crippen LogP contribution in [0, 0.1) is 6.92 Å². The van der Waals surface area contributed by atoms with E-state index < -0.39 is 6.10 Å². The van der Waals surface area contributed by atoms with Crippen molar-refractivity contribution in [3.05, 3.63) is 53.7 Å². The summed E-state index contributed by atoms with van der Waals surface area (Å²) in [6, 6.07) is 12.1. The van der Waals surface area contributed by atoms with Crippen molar-refractivity contribution in [1.82, 2.24) is 4.98 Å². The number of aromatic nitrogens is 1. The summed E-state index contributed by atoms with van der Waals surface area (Å²) in [5.41, 5.74) is 3.23. The smallest absolute Gasteiger partial charge is 0.133 e. The Bertz CT molecular complexity index is 552. The van der Waals surface area contributed by atoms with E-state index in [1.165, 1.54) is 5.56 Å². The van der Waals surface area contributed by atoms with Gasteiger partial charge in [-0.15, -0.1) is 0 Å². The molecule has 0 saturated carbocycles. The van der Waals surface area contributed by atoms with Crippen LogP contribution >= 0.6 is 0 Å². The van der Waals surface area contributed by atoms with Crippen molar-refractivity contribution in [1.29, 1.82) is 0 Å². The Labute approximate surface area is 114 Å². The Hall–Kier alpha value is -1.87. The van der Waals surface area contributed by atoms with Crippen LogP contribution in [-0.2, 0) is 0 Å². The summed E-state index contributed by atoms with van der Waals surface area (Å²) in [5, 5.41) is 9.67. The molecule has 2 rings (SSSR count). The number of aryl methyl sites for hydroxylation is 1. The van der Waals surface area contributed by atoms with Crippen molar-refractivity contribution in [2.24, 2.45) is 0 Å². The van der Waals surface area contributed by atoms with Crippen molar-refractivity contribution in [3.8, 4) is 0 Å². The first-order chi connectivity index (χ1) is 9.11. The zero-order valence-corrected chi connectivity index (χ0v) is 11.7. The van der Waals surface area contributed by atoms with Gasteiger partial charge >= 0.3 is 0 Å². The Kier molecular flexibility index (Phi) is 4.17. The molecule has 2 aromatic rings. The van der Waals surface area contributed by atoms with E-state index in [1.54, 1.807) is 13.1 Å². The topological polar surface area (TPSA) is 36.4 Å². The summed E-state index contributed by atoms with van der Waals surface area (Å²) < 4.78 is 0. The Morgan fingerprint density at radius 1 is 1.26 bits per heavy atom. The average molecular weight is 256 g/mol. The lowest BCUT2D eigenvalue weighted by molar-refractivity contribution is 0.199. The third kappa shape index (κ3) is 3.12. The van der Waals surface area contributed by atoms with Crippen molar-refractivity contribution in [2.75, 3.05) is 11.4 Å². The van der Waals surface area contributed by atoms with E-state index in [1.807, 2.05) is 18.2 Å². The lowest BCUT2D eigenvalue weighted by Crippen LogP contribution is -2.17. The van der Waals surface area contributed by atoms with E-state index in [9.17, 15) is 5.11 Å². The molecule has 1 unspecified atom stereocenters. The molecule has 3 heteroatoms. The minimum atomic E-state index is -0.474. The van der Waals surface area contributed by atoms with Gasteiger partial charge in [0, 0.05) is 18.4 Å². The van der Waals surface area contributed by atoms with Crippen LogP contribution < -0.4 is 4.90 Å². The van der Waals surface area contributed by atoms with Gasteiger partial charge in [0.1, 0.15) is 5.82 Å². The SMILES string of the molecule is CCN(c1cccc(C)c1)c1cc(C(C)O)ccn1. The quantitative estimate of drug-likeness (QED) is 0.908. The number of hydrogen-bond donors (Lipinski definition) is 1. The van der Waals surface area contributed by atoms with Gasteiger partial charge < -0.3 is 10.0 Å². The van der Waals surface area contributed by atoms with E-state index in [0.717, 1.165) is 23.6 Å². The number of hydrogen-bond acceptors (Lipinski definition) is 3. The maximum absolute atomic E-state index is 9.67. The molecule has 1 N–H and O–H groups in total. The maximum Gasteiger partial charge on any atom is 0.133 e. The van der Waals surface area contributed by atoms with Crippen LogP contribution in [0.25, 0.3) is 0 Å². The Morgan fingerprint density at radius 2 is 2.05 bits per heavy atom. The van der Waals surface area contributed by atoms with Gasteiger partial charge in [-0.3, -0.25) is 0 Å². The molecule has 1 aromatic heterocycles. The second-order valence-corrected chi connectivity index (χ2v) is 4.71. The van der Waals surface area contributed by atoms with Gasteiger partial charge in [0.2, 0.25) is 0 Å². The van der Waals surface area contributed by atoms with Gasteiger partial charge in [0.15, 0.2) is 0 Å². The van der Waals surface area contributed by atoms with Gasteiger partial charge in [-0.05, 0) is 56.2 Å². The molecule has 19 heavy (non-hydrogen) atoms. The Balaban J connectivity index is 2.39. The molecule has 100 valence electrons. The molecule has 1 aromatic carbocycles. The van der Waals surface area contributed by atoms with Crippen LogP contribution in [0.3, 0.4) is 0 Å². The fourth-order valence-electron chi connectivity index (χ4n) is 2.11. The first-order valence-corrected chi connectivity index (χ1v) is 6.60. The monoisotopic (exact) mass is 256 g/mol. The van der Waals surface area contributed by atoms with Gasteiger partial charge in [0.25, 0.3) is 0 Å². The molecule has 1 heterocycles. The van der Waals surface area contributed by atoms with Crippen molar-refractivity contribution in [3.63, 3.8) is 0 Å². The van der Waals surface area contributed by atoms with Gasteiger partial charge in [0.05, 0.1) is 6.10 Å². The first-order valence-electron chi connectivity index (χ1n) is 6.60. The Morgan fingerprint density at radius 3 is 2.68 bits per heavy atom. The average Bonchev–Trinajstić information content (AvgIpc) is 2.40. The van der Waals surface area contributed by atoms with Gasteiger partial charge in [-0.2, -0.15) is 0 Å². The molecule has 0 saturated heterocycles. The predicted molar refractivity (Wildman–Crippen MR) is 78.7 cm³/mol. The number of benzene rings is 1. The van der Waals surface area contributed by atoms with Crippen molar-refractivity contribution < 1.29 is 5.11 Å². The molecule has 0 amide bonds. The molecule has 0 bridgehead atoms. The fraction of sp³-hybridized carbons (Fsp3) is 0.312. The molecular formula is C16H20N2O. The summed E-state index contributed by atoms with van der Waals surface area (Å²) in [4.78, 5) is 6.55. The van der Waals surface area contributed by atoms with Crippen LogP contribution in [0.4, 0.5) is 11.5 Å². The van der Waals surface area contributed by atoms with E-state index in [4.69, 9.17) is 0 Å². The van der Waals surface area contributed by atoms with E-state index in [0.29, 0.717) is 0 Å². The summed E-state index contributed by atoms with van der Waals surface area (Å²) in [6.07, 6.45) is 1.27. The fourth-order valence-corrected chi connectivity index (χ4v) is 2.11. The number of nitrogens with zero attached hydrogens (tertiary/aromatic N) is 2. The molecular weight excluding hydrogens is 236 g/mol. The second kappa shape index (κ2) is 5.85. The van der Waals surface area contributed by atoms with E-state index in [2.05, 4.69) is 41.9 Å². The highest BCUT2D eigenvalue weighted by Crippen LogP contribution is 2.26. The summed E-state index contributed by atoms with van der Waals surface area (Å²) in [5.74, 6) is 0.867. The highest BCUT2D eigenvalue weighted by atomic mass is 16.3. The zero-order chi connectivity index (χ0) is 13.8. The van der Waals surface area contributed by atoms with Crippen LogP contribution in [0.5, 0.6) is 0 Å². The van der Waals surface area contributed by atoms with Crippen molar-refractivity contribution >= 4 is 11.5 Å². The summed E-state index contributed by atoms with van der Waals surface area (Å²) in [6.45, 7) is 6.78. The highest BCUT2D eigenvalue weighted by molar-refractivity contribution is 5.61. The third-order valence-electron chi connectivity index (χ3n) is 3.16. The summed E-state index contributed by atoms with van der Waals surface area (Å²) >= 11 is 0. The number of rotatable bonds is 4. The lowest BCUT2D eigenvalue weighted by atomic mass is 10.1. The molecule has 3 nitrogen and oxygen atoms in total. The summed E-state index contributed by atoms with van der Waals surface area (Å²) in [7, 11) is 0. The standard InChI is InChI=1S/C16H20N2O/c1-4-18(15-7-5-6-12(2)10-15)16-11-14(13(3)19)8-9-17-16/h5-11,13,19H,4H2,1-3H3. The molecule has 1 atom stereocenters. The van der Waals surface area contributed by atoms with E-state index >= 15 is 0 Å². The number of pyridine rings is 1. The van der Waals surface area contributed by atoms with Crippen LogP contribution in [0.15, 0.2) is 42.6 Å². The lowest BCUT2D eigenvalue weighted by Gasteiger charge is -2.23. The molecule has 0 aliphatic carbocycles. The van der Waals surface area contributed by atoms with E-state index in [-0.39, 0.29) is 0 Å². The number of aliphatic hydroxyl groups is 1. The molecule has 0 radical (unpaired) electrons. The highest BCUT2D eigenvalue weighted by Gasteiger charge is 2.10. The number of anilines is 2. The normalized spacial score (nSPS) is 12.2. The maximum atomic E-state index is 9.67.